The van der Waals surface area contributed by atoms with E-state index in [0.29, 0.717) is 26.4 Å². The lowest BCUT2D eigenvalue weighted by atomic mass is 9.78. The highest BCUT2D eigenvalue weighted by molar-refractivity contribution is 5.85. The summed E-state index contributed by atoms with van der Waals surface area (Å²) in [4.78, 5) is 0. The molecule has 0 aliphatic heterocycles. The molecule has 0 aromatic heterocycles. The monoisotopic (exact) mass is 411 g/mol. The van der Waals surface area contributed by atoms with Crippen molar-refractivity contribution in [2.24, 2.45) is 5.73 Å². The summed E-state index contributed by atoms with van der Waals surface area (Å²) in [6, 6.07) is 27.3. The third-order valence-corrected chi connectivity index (χ3v) is 5.00. The van der Waals surface area contributed by atoms with Crippen molar-refractivity contribution in [2.45, 2.75) is 32.5 Å². The Balaban J connectivity index is 0.00000300. The molecule has 0 heterocycles. The third-order valence-electron chi connectivity index (χ3n) is 5.00. The molecule has 3 rings (SSSR count). The van der Waals surface area contributed by atoms with Crippen molar-refractivity contribution in [2.75, 3.05) is 13.2 Å². The molecule has 0 saturated carbocycles. The van der Waals surface area contributed by atoms with E-state index in [-0.39, 0.29) is 17.8 Å². The van der Waals surface area contributed by atoms with Gasteiger partial charge in [-0.05, 0) is 34.4 Å². The standard InChI is InChI=1S/C25H29NO2.ClH/c1-25(2,22-9-4-3-5-10-22)23-11-13-24(14-12-23)28-19-21-8-6-7-20(17-21)18-27-16-15-26;/h3-14,17H,15-16,18-19,26H2,1-2H3;1H. The zero-order chi connectivity index (χ0) is 19.8. The summed E-state index contributed by atoms with van der Waals surface area (Å²) >= 11 is 0. The van der Waals surface area contributed by atoms with Crippen LogP contribution < -0.4 is 10.5 Å². The Bertz CT molecular complexity index is 864. The minimum absolute atomic E-state index is 0. The Hall–Kier alpha value is -2.33. The summed E-state index contributed by atoms with van der Waals surface area (Å²) in [5.41, 5.74) is 10.2. The molecular weight excluding hydrogens is 382 g/mol. The molecular formula is C25H30ClNO2. The fourth-order valence-corrected chi connectivity index (χ4v) is 3.24. The van der Waals surface area contributed by atoms with Crippen LogP contribution in [-0.2, 0) is 23.4 Å². The minimum atomic E-state index is -0.0440. The quantitative estimate of drug-likeness (QED) is 0.473. The molecule has 0 aliphatic carbocycles. The third kappa shape index (κ3) is 6.33. The Kier molecular flexibility index (Phi) is 8.71. The molecule has 0 unspecified atom stereocenters. The van der Waals surface area contributed by atoms with Crippen LogP contribution in [0.4, 0.5) is 0 Å². The van der Waals surface area contributed by atoms with E-state index in [1.54, 1.807) is 0 Å². The van der Waals surface area contributed by atoms with Gasteiger partial charge in [-0.3, -0.25) is 0 Å². The van der Waals surface area contributed by atoms with Crippen LogP contribution in [0.25, 0.3) is 0 Å². The highest BCUT2D eigenvalue weighted by Crippen LogP contribution is 2.32. The molecule has 3 aromatic rings. The van der Waals surface area contributed by atoms with E-state index in [0.717, 1.165) is 16.9 Å². The molecule has 0 atom stereocenters. The fourth-order valence-electron chi connectivity index (χ4n) is 3.24. The van der Waals surface area contributed by atoms with Crippen LogP contribution in [-0.4, -0.2) is 13.2 Å². The molecule has 3 nitrogen and oxygen atoms in total. The molecule has 2 N–H and O–H groups in total. The van der Waals surface area contributed by atoms with Crippen LogP contribution in [0, 0.1) is 0 Å². The first-order valence-electron chi connectivity index (χ1n) is 9.74. The Labute approximate surface area is 180 Å². The Morgan fingerprint density at radius 3 is 2.03 bits per heavy atom. The second-order valence-corrected chi connectivity index (χ2v) is 7.47. The summed E-state index contributed by atoms with van der Waals surface area (Å²) in [7, 11) is 0. The number of benzene rings is 3. The summed E-state index contributed by atoms with van der Waals surface area (Å²) < 4.78 is 11.5. The molecule has 0 spiro atoms. The van der Waals surface area contributed by atoms with Gasteiger partial charge in [0.15, 0.2) is 0 Å². The van der Waals surface area contributed by atoms with Crippen LogP contribution >= 0.6 is 12.4 Å². The average molecular weight is 412 g/mol. The first-order valence-corrected chi connectivity index (χ1v) is 9.74. The van der Waals surface area contributed by atoms with Gasteiger partial charge in [0.2, 0.25) is 0 Å². The van der Waals surface area contributed by atoms with Gasteiger partial charge in [0, 0.05) is 12.0 Å². The van der Waals surface area contributed by atoms with Gasteiger partial charge in [-0.15, -0.1) is 12.4 Å². The van der Waals surface area contributed by atoms with E-state index in [9.17, 15) is 0 Å². The van der Waals surface area contributed by atoms with Crippen LogP contribution in [0.5, 0.6) is 5.75 Å². The van der Waals surface area contributed by atoms with Gasteiger partial charge in [0.25, 0.3) is 0 Å². The van der Waals surface area contributed by atoms with Gasteiger partial charge in [-0.1, -0.05) is 80.6 Å². The van der Waals surface area contributed by atoms with Crippen molar-refractivity contribution in [1.82, 2.24) is 0 Å². The number of hydrogen-bond donors (Lipinski definition) is 1. The maximum atomic E-state index is 5.99. The van der Waals surface area contributed by atoms with Gasteiger partial charge in [-0.2, -0.15) is 0 Å². The number of halogens is 1. The molecule has 0 saturated heterocycles. The number of rotatable bonds is 9. The highest BCUT2D eigenvalue weighted by Gasteiger charge is 2.22. The SMILES string of the molecule is CC(C)(c1ccccc1)c1ccc(OCc2cccc(COCCN)c2)cc1.Cl. The van der Waals surface area contributed by atoms with Crippen molar-refractivity contribution < 1.29 is 9.47 Å². The van der Waals surface area contributed by atoms with Gasteiger partial charge < -0.3 is 15.2 Å². The molecule has 3 aromatic carbocycles. The van der Waals surface area contributed by atoms with Crippen molar-refractivity contribution in [3.05, 3.63) is 101 Å². The second kappa shape index (κ2) is 11.0. The first-order chi connectivity index (χ1) is 13.6. The molecule has 0 fully saturated rings. The number of ether oxygens (including phenoxy) is 2. The Morgan fingerprint density at radius 1 is 0.759 bits per heavy atom. The van der Waals surface area contributed by atoms with Crippen molar-refractivity contribution in [3.8, 4) is 5.75 Å². The smallest absolute Gasteiger partial charge is 0.119 e. The maximum absolute atomic E-state index is 5.99. The van der Waals surface area contributed by atoms with Crippen LogP contribution in [0.15, 0.2) is 78.9 Å². The van der Waals surface area contributed by atoms with Gasteiger partial charge >= 0.3 is 0 Å². The normalized spacial score (nSPS) is 11.0. The molecule has 29 heavy (non-hydrogen) atoms. The minimum Gasteiger partial charge on any atom is -0.489 e. The van der Waals surface area contributed by atoms with E-state index in [1.165, 1.54) is 11.1 Å². The van der Waals surface area contributed by atoms with Crippen LogP contribution in [0.3, 0.4) is 0 Å². The van der Waals surface area contributed by atoms with Gasteiger partial charge in [0.1, 0.15) is 12.4 Å². The molecule has 0 amide bonds. The first kappa shape index (κ1) is 23.0. The molecule has 0 bridgehead atoms. The van der Waals surface area contributed by atoms with Crippen LogP contribution in [0.1, 0.15) is 36.1 Å². The van der Waals surface area contributed by atoms with E-state index in [1.807, 2.05) is 18.2 Å². The zero-order valence-corrected chi connectivity index (χ0v) is 18.0. The topological polar surface area (TPSA) is 44.5 Å². The average Bonchev–Trinajstić information content (AvgIpc) is 2.74. The Morgan fingerprint density at radius 2 is 1.38 bits per heavy atom. The van der Waals surface area contributed by atoms with E-state index >= 15 is 0 Å². The van der Waals surface area contributed by atoms with Crippen molar-refractivity contribution in [3.63, 3.8) is 0 Å². The summed E-state index contributed by atoms with van der Waals surface area (Å²) in [5, 5.41) is 0. The van der Waals surface area contributed by atoms with E-state index < -0.39 is 0 Å². The number of hydrogen-bond acceptors (Lipinski definition) is 3. The number of nitrogens with two attached hydrogens (primary N) is 1. The van der Waals surface area contributed by atoms with Crippen LogP contribution in [0.2, 0.25) is 0 Å². The zero-order valence-electron chi connectivity index (χ0n) is 17.1. The molecule has 154 valence electrons. The lowest BCUT2D eigenvalue weighted by molar-refractivity contribution is 0.128. The van der Waals surface area contributed by atoms with E-state index in [4.69, 9.17) is 15.2 Å². The van der Waals surface area contributed by atoms with Crippen molar-refractivity contribution in [1.29, 1.82) is 0 Å². The summed E-state index contributed by atoms with van der Waals surface area (Å²) in [5.74, 6) is 0.873. The highest BCUT2D eigenvalue weighted by atomic mass is 35.5. The van der Waals surface area contributed by atoms with Gasteiger partial charge in [0.05, 0.1) is 13.2 Å². The van der Waals surface area contributed by atoms with E-state index in [2.05, 4.69) is 74.5 Å². The fraction of sp³-hybridized carbons (Fsp3) is 0.280. The lowest BCUT2D eigenvalue weighted by Crippen LogP contribution is -2.18. The second-order valence-electron chi connectivity index (χ2n) is 7.47. The molecule has 0 radical (unpaired) electrons. The molecule has 0 aliphatic rings. The lowest BCUT2D eigenvalue weighted by Gasteiger charge is -2.26. The van der Waals surface area contributed by atoms with Crippen molar-refractivity contribution >= 4 is 12.4 Å². The largest absolute Gasteiger partial charge is 0.489 e. The predicted octanol–water partition coefficient (Wildman–Crippen LogP) is 5.49. The predicted molar refractivity (Wildman–Crippen MR) is 122 cm³/mol. The van der Waals surface area contributed by atoms with Gasteiger partial charge in [-0.25, -0.2) is 0 Å². The summed E-state index contributed by atoms with van der Waals surface area (Å²) in [6.07, 6.45) is 0. The molecule has 4 heteroatoms. The summed E-state index contributed by atoms with van der Waals surface area (Å²) in [6.45, 7) is 6.72. The maximum Gasteiger partial charge on any atom is 0.119 e.